The van der Waals surface area contributed by atoms with Crippen LogP contribution < -0.4 is 10.6 Å². The van der Waals surface area contributed by atoms with E-state index in [0.29, 0.717) is 44.0 Å². The lowest BCUT2D eigenvalue weighted by Crippen LogP contribution is -2.45. The molecule has 0 bridgehead atoms. The fourth-order valence-electron chi connectivity index (χ4n) is 3.30. The SMILES string of the molecule is Cl.O=C(CCc1ccc(S(=O)(=O)N2CCOCC2)cc1)NC1CCCNC1. The topological polar surface area (TPSA) is 87.7 Å². The predicted molar refractivity (Wildman–Crippen MR) is 106 cm³/mol. The molecule has 27 heavy (non-hydrogen) atoms. The van der Waals surface area contributed by atoms with Crippen LogP contribution in [0.25, 0.3) is 0 Å². The highest BCUT2D eigenvalue weighted by atomic mass is 35.5. The van der Waals surface area contributed by atoms with Crippen LogP contribution in [0.15, 0.2) is 29.2 Å². The molecule has 2 fully saturated rings. The van der Waals surface area contributed by atoms with Crippen molar-refractivity contribution in [2.75, 3.05) is 39.4 Å². The molecule has 1 unspecified atom stereocenters. The molecule has 1 aromatic carbocycles. The van der Waals surface area contributed by atoms with E-state index in [0.717, 1.165) is 31.5 Å². The number of morpholine rings is 1. The van der Waals surface area contributed by atoms with Crippen molar-refractivity contribution in [1.29, 1.82) is 0 Å². The average molecular weight is 418 g/mol. The molecule has 7 nitrogen and oxygen atoms in total. The molecule has 9 heteroatoms. The summed E-state index contributed by atoms with van der Waals surface area (Å²) in [5.74, 6) is 0.0451. The molecule has 3 rings (SSSR count). The number of carbonyl (C=O) groups is 1. The van der Waals surface area contributed by atoms with Gasteiger partial charge in [0.15, 0.2) is 0 Å². The number of hydrogen-bond acceptors (Lipinski definition) is 5. The number of rotatable bonds is 6. The Bertz CT molecular complexity index is 700. The molecule has 0 aromatic heterocycles. The summed E-state index contributed by atoms with van der Waals surface area (Å²) in [6.07, 6.45) is 3.12. The number of nitrogens with zero attached hydrogens (tertiary/aromatic N) is 1. The number of carbonyl (C=O) groups excluding carboxylic acids is 1. The van der Waals surface area contributed by atoms with Crippen LogP contribution in [0.2, 0.25) is 0 Å². The van der Waals surface area contributed by atoms with Gasteiger partial charge in [0.05, 0.1) is 18.1 Å². The number of amides is 1. The van der Waals surface area contributed by atoms with E-state index in [9.17, 15) is 13.2 Å². The molecule has 0 spiro atoms. The summed E-state index contributed by atoms with van der Waals surface area (Å²) in [6, 6.07) is 7.06. The van der Waals surface area contributed by atoms with E-state index >= 15 is 0 Å². The van der Waals surface area contributed by atoms with Gasteiger partial charge in [0.1, 0.15) is 0 Å². The van der Waals surface area contributed by atoms with Gasteiger partial charge in [-0.25, -0.2) is 8.42 Å². The molecular weight excluding hydrogens is 390 g/mol. The van der Waals surface area contributed by atoms with Gasteiger partial charge in [0.25, 0.3) is 0 Å². The van der Waals surface area contributed by atoms with Crippen molar-refractivity contribution in [2.24, 2.45) is 0 Å². The second kappa shape index (κ2) is 10.4. The quantitative estimate of drug-likeness (QED) is 0.719. The number of nitrogens with one attached hydrogen (secondary N) is 2. The summed E-state index contributed by atoms with van der Waals surface area (Å²) in [5, 5.41) is 6.33. The molecular formula is C18H28ClN3O4S. The van der Waals surface area contributed by atoms with E-state index in [1.54, 1.807) is 24.3 Å². The molecule has 1 atom stereocenters. The first-order valence-corrected chi connectivity index (χ1v) is 10.7. The molecule has 2 N–H and O–H groups in total. The maximum atomic E-state index is 12.6. The Morgan fingerprint density at radius 3 is 2.56 bits per heavy atom. The third-order valence-corrected chi connectivity index (χ3v) is 6.75. The van der Waals surface area contributed by atoms with Crippen LogP contribution in [0.1, 0.15) is 24.8 Å². The van der Waals surface area contributed by atoms with Crippen molar-refractivity contribution in [3.05, 3.63) is 29.8 Å². The zero-order chi connectivity index (χ0) is 18.4. The Hall–Kier alpha value is -1.19. The van der Waals surface area contributed by atoms with Crippen LogP contribution in [0.5, 0.6) is 0 Å². The van der Waals surface area contributed by atoms with Crippen molar-refractivity contribution in [2.45, 2.75) is 36.6 Å². The first-order chi connectivity index (χ1) is 12.6. The monoisotopic (exact) mass is 417 g/mol. The summed E-state index contributed by atoms with van der Waals surface area (Å²) in [6.45, 7) is 3.50. The summed E-state index contributed by atoms with van der Waals surface area (Å²) >= 11 is 0. The van der Waals surface area contributed by atoms with Gasteiger partial charge in [0, 0.05) is 32.1 Å². The van der Waals surface area contributed by atoms with Gasteiger partial charge in [-0.05, 0) is 43.5 Å². The van der Waals surface area contributed by atoms with Gasteiger partial charge in [-0.15, -0.1) is 12.4 Å². The molecule has 152 valence electrons. The number of sulfonamides is 1. The van der Waals surface area contributed by atoms with E-state index in [4.69, 9.17) is 4.74 Å². The van der Waals surface area contributed by atoms with Gasteiger partial charge in [-0.1, -0.05) is 12.1 Å². The second-order valence-electron chi connectivity index (χ2n) is 6.77. The molecule has 2 heterocycles. The normalized spacial score (nSPS) is 21.3. The molecule has 1 amide bonds. The lowest BCUT2D eigenvalue weighted by molar-refractivity contribution is -0.121. The maximum Gasteiger partial charge on any atom is 0.243 e. The van der Waals surface area contributed by atoms with E-state index in [1.165, 1.54) is 4.31 Å². The van der Waals surface area contributed by atoms with Gasteiger partial charge in [-0.2, -0.15) is 4.31 Å². The largest absolute Gasteiger partial charge is 0.379 e. The van der Waals surface area contributed by atoms with Crippen molar-refractivity contribution < 1.29 is 17.9 Å². The highest BCUT2D eigenvalue weighted by molar-refractivity contribution is 7.89. The van der Waals surface area contributed by atoms with Crippen LogP contribution >= 0.6 is 12.4 Å². The molecule has 0 aliphatic carbocycles. The van der Waals surface area contributed by atoms with Crippen LogP contribution in [-0.2, 0) is 26.0 Å². The Kier molecular flexibility index (Phi) is 8.50. The first kappa shape index (κ1) is 22.1. The van der Waals surface area contributed by atoms with Crippen molar-refractivity contribution in [1.82, 2.24) is 14.9 Å². The Balaban J connectivity index is 0.00000261. The summed E-state index contributed by atoms with van der Waals surface area (Å²) in [4.78, 5) is 12.4. The summed E-state index contributed by atoms with van der Waals surface area (Å²) in [7, 11) is -3.46. The smallest absolute Gasteiger partial charge is 0.243 e. The predicted octanol–water partition coefficient (Wildman–Crippen LogP) is 0.930. The van der Waals surface area contributed by atoms with Crippen molar-refractivity contribution in [3.63, 3.8) is 0 Å². The minimum atomic E-state index is -3.46. The van der Waals surface area contributed by atoms with Crippen LogP contribution in [0.4, 0.5) is 0 Å². The number of benzene rings is 1. The minimum Gasteiger partial charge on any atom is -0.379 e. The van der Waals surface area contributed by atoms with E-state index in [2.05, 4.69) is 10.6 Å². The lowest BCUT2D eigenvalue weighted by Gasteiger charge is -2.26. The molecule has 0 saturated carbocycles. The van der Waals surface area contributed by atoms with Crippen molar-refractivity contribution in [3.8, 4) is 0 Å². The number of hydrogen-bond donors (Lipinski definition) is 2. The zero-order valence-corrected chi connectivity index (χ0v) is 17.0. The van der Waals surface area contributed by atoms with Crippen LogP contribution in [0.3, 0.4) is 0 Å². The molecule has 2 aliphatic rings. The molecule has 0 radical (unpaired) electrons. The van der Waals surface area contributed by atoms with E-state index < -0.39 is 10.0 Å². The average Bonchev–Trinajstić information content (AvgIpc) is 2.68. The Labute approximate surface area is 167 Å². The number of piperidine rings is 1. The van der Waals surface area contributed by atoms with E-state index in [-0.39, 0.29) is 24.4 Å². The fraction of sp³-hybridized carbons (Fsp3) is 0.611. The summed E-state index contributed by atoms with van der Waals surface area (Å²) in [5.41, 5.74) is 0.961. The van der Waals surface area contributed by atoms with Gasteiger partial charge >= 0.3 is 0 Å². The number of ether oxygens (including phenoxy) is 1. The third kappa shape index (κ3) is 6.15. The Morgan fingerprint density at radius 1 is 1.22 bits per heavy atom. The first-order valence-electron chi connectivity index (χ1n) is 9.22. The zero-order valence-electron chi connectivity index (χ0n) is 15.4. The minimum absolute atomic E-state index is 0. The maximum absolute atomic E-state index is 12.6. The van der Waals surface area contributed by atoms with Gasteiger partial charge < -0.3 is 15.4 Å². The fourth-order valence-corrected chi connectivity index (χ4v) is 4.70. The van der Waals surface area contributed by atoms with Crippen LogP contribution in [-0.4, -0.2) is 64.1 Å². The third-order valence-electron chi connectivity index (χ3n) is 4.83. The lowest BCUT2D eigenvalue weighted by atomic mass is 10.1. The van der Waals surface area contributed by atoms with E-state index in [1.807, 2.05) is 0 Å². The molecule has 1 aromatic rings. The Morgan fingerprint density at radius 2 is 1.93 bits per heavy atom. The van der Waals surface area contributed by atoms with Crippen molar-refractivity contribution >= 4 is 28.3 Å². The van der Waals surface area contributed by atoms with Gasteiger partial charge in [0.2, 0.25) is 15.9 Å². The number of halogens is 1. The molecule has 2 saturated heterocycles. The molecule has 2 aliphatic heterocycles. The standard InChI is InChI=1S/C18H27N3O4S.ClH/c22-18(20-16-2-1-9-19-14-16)8-5-15-3-6-17(7-4-15)26(23,24)21-10-12-25-13-11-21;/h3-4,6-7,16,19H,1-2,5,8-14H2,(H,20,22);1H. The highest BCUT2D eigenvalue weighted by Crippen LogP contribution is 2.18. The van der Waals surface area contributed by atoms with Gasteiger partial charge in [-0.3, -0.25) is 4.79 Å². The second-order valence-corrected chi connectivity index (χ2v) is 8.71. The number of aryl methyl sites for hydroxylation is 1. The summed E-state index contributed by atoms with van der Waals surface area (Å²) < 4.78 is 31.8. The highest BCUT2D eigenvalue weighted by Gasteiger charge is 2.26. The van der Waals surface area contributed by atoms with Crippen LogP contribution in [0, 0.1) is 0 Å².